The van der Waals surface area contributed by atoms with Gasteiger partial charge in [-0.05, 0) is 23.3 Å². The molecule has 3 nitrogen and oxygen atoms in total. The van der Waals surface area contributed by atoms with E-state index in [2.05, 4.69) is 0 Å². The topological polar surface area (TPSA) is 35.5 Å². The van der Waals surface area contributed by atoms with Gasteiger partial charge in [-0.1, -0.05) is 60.7 Å². The number of benzene rings is 3. The molecular weight excluding hydrogens is 348 g/mol. The minimum absolute atomic E-state index is 0.0831. The molecule has 0 radical (unpaired) electrons. The maximum atomic E-state index is 12.0. The molecule has 0 unspecified atom stereocenters. The second-order valence-corrected chi connectivity index (χ2v) is 6.07. The van der Waals surface area contributed by atoms with Crippen LogP contribution in [0.2, 0.25) is 0 Å². The van der Waals surface area contributed by atoms with Gasteiger partial charge < -0.3 is 9.47 Å². The van der Waals surface area contributed by atoms with Gasteiger partial charge in [-0.3, -0.25) is 4.79 Å². The van der Waals surface area contributed by atoms with Gasteiger partial charge in [-0.25, -0.2) is 0 Å². The largest absolute Gasteiger partial charge is 0.489 e. The van der Waals surface area contributed by atoms with Crippen LogP contribution >= 0.6 is 11.6 Å². The SMILES string of the molecule is O=C(CCl)c1cc(OCc2ccccc2)cc(OCc2ccccc2)c1. The Balaban J connectivity index is 1.75. The fourth-order valence-electron chi connectivity index (χ4n) is 2.46. The van der Waals surface area contributed by atoms with Gasteiger partial charge in [-0.2, -0.15) is 0 Å². The summed E-state index contributed by atoms with van der Waals surface area (Å²) < 4.78 is 11.7. The molecule has 26 heavy (non-hydrogen) atoms. The van der Waals surface area contributed by atoms with Crippen molar-refractivity contribution in [3.05, 3.63) is 95.6 Å². The molecule has 3 rings (SSSR count). The minimum Gasteiger partial charge on any atom is -0.489 e. The van der Waals surface area contributed by atoms with Crippen LogP contribution in [0.5, 0.6) is 11.5 Å². The van der Waals surface area contributed by atoms with Crippen LogP contribution in [0.25, 0.3) is 0 Å². The number of carbonyl (C=O) groups excluding carboxylic acids is 1. The lowest BCUT2D eigenvalue weighted by Gasteiger charge is -2.12. The molecule has 0 aliphatic carbocycles. The summed E-state index contributed by atoms with van der Waals surface area (Å²) in [6.07, 6.45) is 0. The lowest BCUT2D eigenvalue weighted by Crippen LogP contribution is -2.04. The Hall–Kier alpha value is -2.78. The van der Waals surface area contributed by atoms with Crippen LogP contribution in [0, 0.1) is 0 Å². The van der Waals surface area contributed by atoms with E-state index >= 15 is 0 Å². The fraction of sp³-hybridized carbons (Fsp3) is 0.136. The highest BCUT2D eigenvalue weighted by Crippen LogP contribution is 2.25. The highest BCUT2D eigenvalue weighted by molar-refractivity contribution is 6.30. The zero-order valence-electron chi connectivity index (χ0n) is 14.2. The molecular formula is C22H19ClO3. The Morgan fingerprint density at radius 2 is 1.19 bits per heavy atom. The van der Waals surface area contributed by atoms with Gasteiger partial charge in [0.15, 0.2) is 5.78 Å². The van der Waals surface area contributed by atoms with Gasteiger partial charge in [-0.15, -0.1) is 11.6 Å². The van der Waals surface area contributed by atoms with Crippen LogP contribution in [-0.4, -0.2) is 11.7 Å². The van der Waals surface area contributed by atoms with Crippen molar-refractivity contribution in [3.63, 3.8) is 0 Å². The van der Waals surface area contributed by atoms with Gasteiger partial charge in [0.2, 0.25) is 0 Å². The van der Waals surface area contributed by atoms with Crippen molar-refractivity contribution >= 4 is 17.4 Å². The molecule has 0 aliphatic rings. The Bertz CT molecular complexity index is 786. The third-order valence-electron chi connectivity index (χ3n) is 3.82. The summed E-state index contributed by atoms with van der Waals surface area (Å²) in [6.45, 7) is 0.828. The van der Waals surface area contributed by atoms with Gasteiger partial charge in [0.25, 0.3) is 0 Å². The van der Waals surface area contributed by atoms with Crippen LogP contribution in [0.1, 0.15) is 21.5 Å². The molecule has 4 heteroatoms. The smallest absolute Gasteiger partial charge is 0.177 e. The van der Waals surface area contributed by atoms with Crippen molar-refractivity contribution in [2.45, 2.75) is 13.2 Å². The standard InChI is InChI=1S/C22H19ClO3/c23-14-22(24)19-11-20(25-15-17-7-3-1-4-8-17)13-21(12-19)26-16-18-9-5-2-6-10-18/h1-13H,14-16H2. The Morgan fingerprint density at radius 1 is 0.731 bits per heavy atom. The number of hydrogen-bond donors (Lipinski definition) is 0. The number of ketones is 1. The lowest BCUT2D eigenvalue weighted by molar-refractivity contribution is 0.102. The number of hydrogen-bond acceptors (Lipinski definition) is 3. The van der Waals surface area contributed by atoms with E-state index in [1.54, 1.807) is 18.2 Å². The molecule has 0 spiro atoms. The summed E-state index contributed by atoms with van der Waals surface area (Å²) in [5.41, 5.74) is 2.58. The third kappa shape index (κ3) is 5.11. The number of halogens is 1. The normalized spacial score (nSPS) is 10.3. The van der Waals surface area contributed by atoms with Crippen molar-refractivity contribution in [2.24, 2.45) is 0 Å². The average molecular weight is 367 g/mol. The highest BCUT2D eigenvalue weighted by Gasteiger charge is 2.10. The first kappa shape index (κ1) is 18.0. The minimum atomic E-state index is -0.165. The zero-order valence-corrected chi connectivity index (χ0v) is 15.0. The van der Waals surface area contributed by atoms with E-state index in [-0.39, 0.29) is 11.7 Å². The molecule has 0 bridgehead atoms. The van der Waals surface area contributed by atoms with Crippen LogP contribution in [0.15, 0.2) is 78.9 Å². The monoisotopic (exact) mass is 366 g/mol. The molecule has 0 amide bonds. The van der Waals surface area contributed by atoms with Gasteiger partial charge >= 0.3 is 0 Å². The van der Waals surface area contributed by atoms with Crippen molar-refractivity contribution in [1.82, 2.24) is 0 Å². The van der Waals surface area contributed by atoms with Crippen molar-refractivity contribution in [3.8, 4) is 11.5 Å². The first-order chi connectivity index (χ1) is 12.7. The van der Waals surface area contributed by atoms with Crippen LogP contribution in [-0.2, 0) is 13.2 Å². The lowest BCUT2D eigenvalue weighted by atomic mass is 10.1. The van der Waals surface area contributed by atoms with Gasteiger partial charge in [0, 0.05) is 11.6 Å². The average Bonchev–Trinajstić information content (AvgIpc) is 2.71. The fourth-order valence-corrected chi connectivity index (χ4v) is 2.61. The number of Topliss-reactive ketones (excluding diaryl/α,β-unsaturated/α-hetero) is 1. The maximum Gasteiger partial charge on any atom is 0.177 e. The predicted octanol–water partition coefficient (Wildman–Crippen LogP) is 5.27. The molecule has 132 valence electrons. The molecule has 0 aromatic heterocycles. The first-order valence-corrected chi connectivity index (χ1v) is 8.86. The molecule has 3 aromatic carbocycles. The highest BCUT2D eigenvalue weighted by atomic mass is 35.5. The van der Waals surface area contributed by atoms with Crippen LogP contribution < -0.4 is 9.47 Å². The maximum absolute atomic E-state index is 12.0. The Kier molecular flexibility index (Phi) is 6.29. The zero-order chi connectivity index (χ0) is 18.2. The molecule has 3 aromatic rings. The summed E-state index contributed by atoms with van der Waals surface area (Å²) in [5.74, 6) is 0.905. The quantitative estimate of drug-likeness (QED) is 0.402. The molecule has 0 aliphatic heterocycles. The summed E-state index contributed by atoms with van der Waals surface area (Å²) in [4.78, 5) is 12.0. The Morgan fingerprint density at radius 3 is 1.62 bits per heavy atom. The molecule has 0 heterocycles. The van der Waals surface area contributed by atoms with Crippen molar-refractivity contribution < 1.29 is 14.3 Å². The molecule has 0 atom stereocenters. The first-order valence-electron chi connectivity index (χ1n) is 8.32. The molecule has 0 saturated heterocycles. The van der Waals surface area contributed by atoms with Crippen LogP contribution in [0.3, 0.4) is 0 Å². The number of alkyl halides is 1. The van der Waals surface area contributed by atoms with E-state index in [1.807, 2.05) is 60.7 Å². The van der Waals surface area contributed by atoms with Gasteiger partial charge in [0.1, 0.15) is 24.7 Å². The van der Waals surface area contributed by atoms with Crippen molar-refractivity contribution in [1.29, 1.82) is 0 Å². The number of ether oxygens (including phenoxy) is 2. The molecule has 0 N–H and O–H groups in total. The Labute approximate surface area is 158 Å². The van der Waals surface area contributed by atoms with E-state index in [0.717, 1.165) is 11.1 Å². The summed E-state index contributed by atoms with van der Waals surface area (Å²) in [7, 11) is 0. The summed E-state index contributed by atoms with van der Waals surface area (Å²) in [6, 6.07) is 24.9. The van der Waals surface area contributed by atoms with Gasteiger partial charge in [0.05, 0.1) is 5.88 Å². The van der Waals surface area contributed by atoms with Crippen LogP contribution in [0.4, 0.5) is 0 Å². The molecule has 0 saturated carbocycles. The number of rotatable bonds is 8. The summed E-state index contributed by atoms with van der Waals surface area (Å²) >= 11 is 5.71. The summed E-state index contributed by atoms with van der Waals surface area (Å²) in [5, 5.41) is 0. The van der Waals surface area contributed by atoms with E-state index in [4.69, 9.17) is 21.1 Å². The van der Waals surface area contributed by atoms with E-state index < -0.39 is 0 Å². The van der Waals surface area contributed by atoms with Crippen molar-refractivity contribution in [2.75, 3.05) is 5.88 Å². The second-order valence-electron chi connectivity index (χ2n) is 5.80. The third-order valence-corrected chi connectivity index (χ3v) is 4.06. The molecule has 0 fully saturated rings. The predicted molar refractivity (Wildman–Crippen MR) is 103 cm³/mol. The van der Waals surface area contributed by atoms with E-state index in [0.29, 0.717) is 30.3 Å². The second kappa shape index (κ2) is 9.07. The van der Waals surface area contributed by atoms with E-state index in [9.17, 15) is 4.79 Å². The number of carbonyl (C=O) groups is 1. The van der Waals surface area contributed by atoms with E-state index in [1.165, 1.54) is 0 Å².